The van der Waals surface area contributed by atoms with Crippen molar-refractivity contribution in [1.82, 2.24) is 15.6 Å². The lowest BCUT2D eigenvalue weighted by Gasteiger charge is -2.17. The minimum absolute atomic E-state index is 0.0679. The zero-order chi connectivity index (χ0) is 17.0. The molecule has 3 N–H and O–H groups in total. The second-order valence-electron chi connectivity index (χ2n) is 4.72. The van der Waals surface area contributed by atoms with Crippen molar-refractivity contribution in [2.24, 2.45) is 0 Å². The van der Waals surface area contributed by atoms with Crippen LogP contribution in [0.25, 0.3) is 0 Å². The van der Waals surface area contributed by atoms with Crippen LogP contribution in [0.1, 0.15) is 23.1 Å². The molecule has 2 rings (SSSR count). The minimum atomic E-state index is -1.61. The van der Waals surface area contributed by atoms with Crippen molar-refractivity contribution < 1.29 is 27.5 Å². The molecule has 0 saturated carbocycles. The van der Waals surface area contributed by atoms with Crippen molar-refractivity contribution in [2.75, 3.05) is 6.61 Å². The van der Waals surface area contributed by atoms with Gasteiger partial charge in [0, 0.05) is 0 Å². The number of aryl methyl sites for hydroxylation is 1. The summed E-state index contributed by atoms with van der Waals surface area (Å²) in [5, 5.41) is 14.0. The van der Waals surface area contributed by atoms with Gasteiger partial charge in [-0.15, -0.1) is 0 Å². The van der Waals surface area contributed by atoms with Crippen molar-refractivity contribution in [3.05, 3.63) is 53.0 Å². The van der Waals surface area contributed by atoms with Gasteiger partial charge in [0.2, 0.25) is 0 Å². The maximum absolute atomic E-state index is 13.2. The van der Waals surface area contributed by atoms with Crippen molar-refractivity contribution in [1.29, 1.82) is 0 Å². The van der Waals surface area contributed by atoms with Gasteiger partial charge in [0.15, 0.2) is 23.8 Å². The number of aliphatic hydroxyl groups excluding tert-OH is 1. The zero-order valence-corrected chi connectivity index (χ0v) is 12.1. The van der Waals surface area contributed by atoms with E-state index in [1.807, 2.05) is 0 Å². The summed E-state index contributed by atoms with van der Waals surface area (Å²) < 4.78 is 44.3. The van der Waals surface area contributed by atoms with Crippen LogP contribution in [0.3, 0.4) is 0 Å². The number of oxazole rings is 1. The third-order valence-corrected chi connectivity index (χ3v) is 3.16. The van der Waals surface area contributed by atoms with E-state index in [2.05, 4.69) is 15.6 Å². The molecule has 9 heteroatoms. The standard InChI is InChI=1S/C14H14F3N3O3/c1-7-11(19-6-23-7)4-18-14(22)20-12(5-21)8-2-9(15)13(17)10(16)3-8/h2-3,6,12,21H,4-5H2,1H3,(H2,18,20,22). The predicted octanol–water partition coefficient (Wildman–Crippen LogP) is 1.93. The second kappa shape index (κ2) is 7.14. The lowest BCUT2D eigenvalue weighted by molar-refractivity contribution is 0.216. The van der Waals surface area contributed by atoms with E-state index in [1.165, 1.54) is 6.39 Å². The molecule has 2 aromatic rings. The Morgan fingerprint density at radius 3 is 2.52 bits per heavy atom. The van der Waals surface area contributed by atoms with E-state index in [4.69, 9.17) is 4.42 Å². The highest BCUT2D eigenvalue weighted by Gasteiger charge is 2.19. The summed E-state index contributed by atoms with van der Waals surface area (Å²) in [4.78, 5) is 15.7. The van der Waals surface area contributed by atoms with Crippen molar-refractivity contribution >= 4 is 6.03 Å². The Morgan fingerprint density at radius 2 is 2.00 bits per heavy atom. The maximum Gasteiger partial charge on any atom is 0.315 e. The summed E-state index contributed by atoms with van der Waals surface area (Å²) in [7, 11) is 0. The Balaban J connectivity index is 2.01. The topological polar surface area (TPSA) is 87.4 Å². The largest absolute Gasteiger partial charge is 0.448 e. The van der Waals surface area contributed by atoms with Gasteiger partial charge in [-0.2, -0.15) is 0 Å². The van der Waals surface area contributed by atoms with Crippen LogP contribution in [-0.4, -0.2) is 22.7 Å². The highest BCUT2D eigenvalue weighted by Crippen LogP contribution is 2.19. The molecule has 2 amide bonds. The number of carbonyl (C=O) groups is 1. The van der Waals surface area contributed by atoms with Gasteiger partial charge in [-0.1, -0.05) is 0 Å². The van der Waals surface area contributed by atoms with Gasteiger partial charge in [0.05, 0.1) is 19.2 Å². The molecule has 0 saturated heterocycles. The fraction of sp³-hybridized carbons (Fsp3) is 0.286. The molecular weight excluding hydrogens is 315 g/mol. The molecule has 1 atom stereocenters. The molecule has 124 valence electrons. The molecule has 0 aliphatic carbocycles. The number of rotatable bonds is 5. The Hall–Kier alpha value is -2.55. The lowest BCUT2D eigenvalue weighted by atomic mass is 10.1. The summed E-state index contributed by atoms with van der Waals surface area (Å²) in [6.07, 6.45) is 1.23. The van der Waals surface area contributed by atoms with E-state index in [1.54, 1.807) is 6.92 Å². The summed E-state index contributed by atoms with van der Waals surface area (Å²) in [5.41, 5.74) is 0.413. The van der Waals surface area contributed by atoms with Gasteiger partial charge in [-0.3, -0.25) is 0 Å². The highest BCUT2D eigenvalue weighted by molar-refractivity contribution is 5.74. The van der Waals surface area contributed by atoms with Gasteiger partial charge in [0.25, 0.3) is 0 Å². The first-order valence-electron chi connectivity index (χ1n) is 6.61. The van der Waals surface area contributed by atoms with E-state index >= 15 is 0 Å². The lowest BCUT2D eigenvalue weighted by Crippen LogP contribution is -2.39. The molecule has 1 unspecified atom stereocenters. The van der Waals surface area contributed by atoms with Gasteiger partial charge in [-0.25, -0.2) is 22.9 Å². The predicted molar refractivity (Wildman–Crippen MR) is 72.8 cm³/mol. The molecule has 0 spiro atoms. The fourth-order valence-corrected chi connectivity index (χ4v) is 1.88. The normalized spacial score (nSPS) is 12.0. The molecular formula is C14H14F3N3O3. The van der Waals surface area contributed by atoms with Gasteiger partial charge in [0.1, 0.15) is 11.5 Å². The average Bonchev–Trinajstić information content (AvgIpc) is 2.93. The first-order valence-corrected chi connectivity index (χ1v) is 6.61. The van der Waals surface area contributed by atoms with E-state index in [9.17, 15) is 23.1 Å². The molecule has 1 heterocycles. The van der Waals surface area contributed by atoms with E-state index in [-0.39, 0.29) is 12.1 Å². The van der Waals surface area contributed by atoms with E-state index in [0.717, 1.165) is 0 Å². The number of hydrogen-bond acceptors (Lipinski definition) is 4. The molecule has 0 bridgehead atoms. The third kappa shape index (κ3) is 4.01. The maximum atomic E-state index is 13.2. The van der Waals surface area contributed by atoms with Crippen LogP contribution in [0, 0.1) is 24.4 Å². The molecule has 1 aromatic carbocycles. The van der Waals surface area contributed by atoms with Crippen LogP contribution in [0.15, 0.2) is 22.9 Å². The number of aromatic nitrogens is 1. The molecule has 6 nitrogen and oxygen atoms in total. The Bertz CT molecular complexity index is 683. The first kappa shape index (κ1) is 16.8. The van der Waals surface area contributed by atoms with Crippen molar-refractivity contribution in [3.63, 3.8) is 0 Å². The Labute approximate surface area is 129 Å². The van der Waals surface area contributed by atoms with Crippen molar-refractivity contribution in [3.8, 4) is 0 Å². The van der Waals surface area contributed by atoms with Crippen LogP contribution in [0.4, 0.5) is 18.0 Å². The number of hydrogen-bond donors (Lipinski definition) is 3. The Morgan fingerprint density at radius 1 is 1.35 bits per heavy atom. The quantitative estimate of drug-likeness (QED) is 0.732. The zero-order valence-electron chi connectivity index (χ0n) is 12.1. The van der Waals surface area contributed by atoms with Crippen molar-refractivity contribution in [2.45, 2.75) is 19.5 Å². The van der Waals surface area contributed by atoms with E-state index < -0.39 is 36.1 Å². The highest BCUT2D eigenvalue weighted by atomic mass is 19.2. The average molecular weight is 329 g/mol. The molecule has 1 aromatic heterocycles. The number of urea groups is 1. The number of carbonyl (C=O) groups excluding carboxylic acids is 1. The number of nitrogens with one attached hydrogen (secondary N) is 2. The van der Waals surface area contributed by atoms with E-state index in [0.29, 0.717) is 23.6 Å². The monoisotopic (exact) mass is 329 g/mol. The van der Waals surface area contributed by atoms with Crippen LogP contribution in [0.5, 0.6) is 0 Å². The number of amides is 2. The van der Waals surface area contributed by atoms with Gasteiger partial charge < -0.3 is 20.2 Å². The first-order chi connectivity index (χ1) is 10.9. The van der Waals surface area contributed by atoms with Crippen LogP contribution in [0.2, 0.25) is 0 Å². The molecule has 0 aliphatic heterocycles. The van der Waals surface area contributed by atoms with Gasteiger partial charge in [-0.05, 0) is 24.6 Å². The summed E-state index contributed by atoms with van der Waals surface area (Å²) in [6, 6.07) is -0.377. The number of benzene rings is 1. The van der Waals surface area contributed by atoms with Crippen LogP contribution in [-0.2, 0) is 6.54 Å². The van der Waals surface area contributed by atoms with Crippen LogP contribution >= 0.6 is 0 Å². The fourth-order valence-electron chi connectivity index (χ4n) is 1.88. The molecule has 0 fully saturated rings. The number of halogens is 3. The summed E-state index contributed by atoms with van der Waals surface area (Å²) in [6.45, 7) is 1.11. The molecule has 23 heavy (non-hydrogen) atoms. The number of nitrogens with zero attached hydrogens (tertiary/aromatic N) is 1. The number of aliphatic hydroxyl groups is 1. The SMILES string of the molecule is Cc1ocnc1CNC(=O)NC(CO)c1cc(F)c(F)c(F)c1. The minimum Gasteiger partial charge on any atom is -0.448 e. The summed E-state index contributed by atoms with van der Waals surface area (Å²) in [5.74, 6) is -3.89. The smallest absolute Gasteiger partial charge is 0.315 e. The van der Waals surface area contributed by atoms with Gasteiger partial charge >= 0.3 is 6.03 Å². The summed E-state index contributed by atoms with van der Waals surface area (Å²) >= 11 is 0. The second-order valence-corrected chi connectivity index (χ2v) is 4.72. The molecule has 0 aliphatic rings. The third-order valence-electron chi connectivity index (χ3n) is 3.16. The van der Waals surface area contributed by atoms with Crippen LogP contribution < -0.4 is 10.6 Å². The molecule has 0 radical (unpaired) electrons. The Kier molecular flexibility index (Phi) is 5.22.